The lowest BCUT2D eigenvalue weighted by Crippen LogP contribution is -2.17. The van der Waals surface area contributed by atoms with Gasteiger partial charge in [0.1, 0.15) is 6.04 Å². The third-order valence-electron chi connectivity index (χ3n) is 3.02. The molecule has 2 aromatic rings. The van der Waals surface area contributed by atoms with E-state index in [1.165, 1.54) is 0 Å². The Balaban J connectivity index is 2.56. The number of benzene rings is 1. The van der Waals surface area contributed by atoms with Crippen LogP contribution in [0.15, 0.2) is 29.4 Å². The number of ketones is 1. The Morgan fingerprint density at radius 1 is 1.50 bits per heavy atom. The highest BCUT2D eigenvalue weighted by atomic mass is 16.1. The van der Waals surface area contributed by atoms with Crippen LogP contribution in [0.1, 0.15) is 29.4 Å². The summed E-state index contributed by atoms with van der Waals surface area (Å²) in [4.78, 5) is 18.3. The summed E-state index contributed by atoms with van der Waals surface area (Å²) in [5.41, 5.74) is 10.9. The standard InChI is InChI=1S/C13H14N4O/c1-3-10(16-17-14)13(18)12-8(2)15-11-7-5-4-6-9(11)12/h4-7,10,15H,3H2,1-2H3. The van der Waals surface area contributed by atoms with Crippen LogP contribution in [0.2, 0.25) is 0 Å². The van der Waals surface area contributed by atoms with Crippen molar-refractivity contribution in [3.05, 3.63) is 46.0 Å². The summed E-state index contributed by atoms with van der Waals surface area (Å²) < 4.78 is 0. The smallest absolute Gasteiger partial charge is 0.174 e. The zero-order chi connectivity index (χ0) is 13.1. The maximum absolute atomic E-state index is 12.4. The van der Waals surface area contributed by atoms with Crippen molar-refractivity contribution in [3.8, 4) is 0 Å². The van der Waals surface area contributed by atoms with Crippen LogP contribution in [-0.4, -0.2) is 16.8 Å². The summed E-state index contributed by atoms with van der Waals surface area (Å²) in [7, 11) is 0. The first-order valence-corrected chi connectivity index (χ1v) is 5.84. The van der Waals surface area contributed by atoms with Crippen LogP contribution in [0.3, 0.4) is 0 Å². The highest BCUT2D eigenvalue weighted by molar-refractivity contribution is 6.11. The van der Waals surface area contributed by atoms with Gasteiger partial charge in [-0.25, -0.2) is 0 Å². The maximum Gasteiger partial charge on any atom is 0.174 e. The number of aryl methyl sites for hydroxylation is 1. The van der Waals surface area contributed by atoms with Gasteiger partial charge >= 0.3 is 0 Å². The lowest BCUT2D eigenvalue weighted by molar-refractivity contribution is 0.0961. The van der Waals surface area contributed by atoms with Crippen molar-refractivity contribution in [2.45, 2.75) is 26.3 Å². The average molecular weight is 242 g/mol. The molecule has 1 aromatic carbocycles. The Labute approximate surface area is 104 Å². The topological polar surface area (TPSA) is 81.6 Å². The molecule has 0 aliphatic heterocycles. The largest absolute Gasteiger partial charge is 0.358 e. The zero-order valence-corrected chi connectivity index (χ0v) is 10.3. The van der Waals surface area contributed by atoms with Crippen molar-refractivity contribution < 1.29 is 4.79 Å². The molecule has 0 aliphatic carbocycles. The second kappa shape index (κ2) is 4.94. The fourth-order valence-corrected chi connectivity index (χ4v) is 2.14. The third-order valence-corrected chi connectivity index (χ3v) is 3.02. The van der Waals surface area contributed by atoms with Crippen LogP contribution in [0.25, 0.3) is 21.3 Å². The summed E-state index contributed by atoms with van der Waals surface area (Å²) in [5.74, 6) is -0.120. The molecule has 0 saturated carbocycles. The van der Waals surface area contributed by atoms with Crippen molar-refractivity contribution >= 4 is 16.7 Å². The molecule has 0 fully saturated rings. The van der Waals surface area contributed by atoms with Crippen LogP contribution in [0.4, 0.5) is 0 Å². The molecule has 0 saturated heterocycles. The molecule has 0 radical (unpaired) electrons. The maximum atomic E-state index is 12.4. The van der Waals surface area contributed by atoms with Gasteiger partial charge in [0, 0.05) is 27.1 Å². The van der Waals surface area contributed by atoms with Crippen LogP contribution in [0, 0.1) is 6.92 Å². The van der Waals surface area contributed by atoms with Crippen molar-refractivity contribution in [1.82, 2.24) is 4.98 Å². The minimum absolute atomic E-state index is 0.120. The highest BCUT2D eigenvalue weighted by Crippen LogP contribution is 2.24. The number of aromatic amines is 1. The number of carbonyl (C=O) groups excluding carboxylic acids is 1. The van der Waals surface area contributed by atoms with Crippen molar-refractivity contribution in [1.29, 1.82) is 0 Å². The van der Waals surface area contributed by atoms with Gasteiger partial charge in [-0.2, -0.15) is 0 Å². The number of hydrogen-bond acceptors (Lipinski definition) is 2. The van der Waals surface area contributed by atoms with E-state index in [-0.39, 0.29) is 5.78 Å². The molecule has 1 aromatic heterocycles. The number of para-hydroxylation sites is 1. The molecule has 1 heterocycles. The fraction of sp³-hybridized carbons (Fsp3) is 0.308. The molecular formula is C13H14N4O. The number of Topliss-reactive ketones (excluding diaryl/α,β-unsaturated/α-hetero) is 1. The normalized spacial score (nSPS) is 12.1. The number of nitrogens with zero attached hydrogens (tertiary/aromatic N) is 3. The SMILES string of the molecule is CCC(N=[N+]=[N-])C(=O)c1c(C)[nH]c2ccccc12. The number of H-pyrrole nitrogens is 1. The van der Waals surface area contributed by atoms with Crippen molar-refractivity contribution in [2.24, 2.45) is 5.11 Å². The van der Waals surface area contributed by atoms with Gasteiger partial charge in [0.2, 0.25) is 0 Å². The van der Waals surface area contributed by atoms with Crippen molar-refractivity contribution in [3.63, 3.8) is 0 Å². The van der Waals surface area contributed by atoms with E-state index in [0.717, 1.165) is 16.6 Å². The van der Waals surface area contributed by atoms with Crippen LogP contribution in [0.5, 0.6) is 0 Å². The molecule has 18 heavy (non-hydrogen) atoms. The molecule has 1 unspecified atom stereocenters. The molecule has 2 rings (SSSR count). The van der Waals surface area contributed by atoms with Gasteiger partial charge in [-0.15, -0.1) is 0 Å². The molecule has 1 atom stereocenters. The Morgan fingerprint density at radius 3 is 2.89 bits per heavy atom. The van der Waals surface area contributed by atoms with Gasteiger partial charge in [-0.1, -0.05) is 30.2 Å². The van der Waals surface area contributed by atoms with E-state index in [9.17, 15) is 4.79 Å². The van der Waals surface area contributed by atoms with Crippen LogP contribution >= 0.6 is 0 Å². The van der Waals surface area contributed by atoms with Gasteiger partial charge in [-0.3, -0.25) is 4.79 Å². The summed E-state index contributed by atoms with van der Waals surface area (Å²) in [6, 6.07) is 6.99. The zero-order valence-electron chi connectivity index (χ0n) is 10.3. The van der Waals surface area contributed by atoms with Crippen LogP contribution in [-0.2, 0) is 0 Å². The summed E-state index contributed by atoms with van der Waals surface area (Å²) in [6.07, 6.45) is 0.502. The summed E-state index contributed by atoms with van der Waals surface area (Å²) in [5, 5.41) is 4.44. The summed E-state index contributed by atoms with van der Waals surface area (Å²) in [6.45, 7) is 3.69. The van der Waals surface area contributed by atoms with Crippen molar-refractivity contribution in [2.75, 3.05) is 0 Å². The third kappa shape index (κ3) is 1.96. The van der Waals surface area contributed by atoms with Gasteiger partial charge in [0.25, 0.3) is 0 Å². The molecular weight excluding hydrogens is 228 g/mol. The van der Waals surface area contributed by atoms with Gasteiger partial charge < -0.3 is 4.98 Å². The highest BCUT2D eigenvalue weighted by Gasteiger charge is 2.22. The molecule has 0 aliphatic rings. The monoisotopic (exact) mass is 242 g/mol. The summed E-state index contributed by atoms with van der Waals surface area (Å²) >= 11 is 0. The van der Waals surface area contributed by atoms with E-state index >= 15 is 0 Å². The number of aromatic nitrogens is 1. The number of carbonyl (C=O) groups is 1. The minimum atomic E-state index is -0.632. The number of nitrogens with one attached hydrogen (secondary N) is 1. The second-order valence-corrected chi connectivity index (χ2v) is 4.16. The van der Waals surface area contributed by atoms with E-state index in [1.54, 1.807) is 0 Å². The minimum Gasteiger partial charge on any atom is -0.358 e. The van der Waals surface area contributed by atoms with E-state index in [1.807, 2.05) is 38.1 Å². The molecule has 5 nitrogen and oxygen atoms in total. The number of rotatable bonds is 4. The van der Waals surface area contributed by atoms with Crippen LogP contribution < -0.4 is 0 Å². The molecule has 1 N–H and O–H groups in total. The van der Waals surface area contributed by atoms with Gasteiger partial charge in [-0.05, 0) is 24.9 Å². The predicted molar refractivity (Wildman–Crippen MR) is 70.6 cm³/mol. The molecule has 5 heteroatoms. The number of hydrogen-bond donors (Lipinski definition) is 1. The molecule has 92 valence electrons. The second-order valence-electron chi connectivity index (χ2n) is 4.16. The van der Waals surface area contributed by atoms with E-state index in [2.05, 4.69) is 15.0 Å². The van der Waals surface area contributed by atoms with Gasteiger partial charge in [0.15, 0.2) is 5.78 Å². The Hall–Kier alpha value is -2.26. The molecule has 0 bridgehead atoms. The Morgan fingerprint density at radius 2 is 2.22 bits per heavy atom. The Kier molecular flexibility index (Phi) is 3.35. The fourth-order valence-electron chi connectivity index (χ4n) is 2.14. The lowest BCUT2D eigenvalue weighted by Gasteiger charge is -2.07. The first kappa shape index (κ1) is 12.2. The predicted octanol–water partition coefficient (Wildman–Crippen LogP) is 3.75. The quantitative estimate of drug-likeness (QED) is 0.376. The average Bonchev–Trinajstić information content (AvgIpc) is 2.71. The lowest BCUT2D eigenvalue weighted by atomic mass is 10.00. The Bertz CT molecular complexity index is 637. The van der Waals surface area contributed by atoms with E-state index in [0.29, 0.717) is 12.0 Å². The molecule has 0 amide bonds. The molecule has 0 spiro atoms. The van der Waals surface area contributed by atoms with Gasteiger partial charge in [0.05, 0.1) is 0 Å². The first-order chi connectivity index (χ1) is 8.69. The first-order valence-electron chi connectivity index (χ1n) is 5.84. The number of azide groups is 1. The van der Waals surface area contributed by atoms with E-state index < -0.39 is 6.04 Å². The van der Waals surface area contributed by atoms with E-state index in [4.69, 9.17) is 5.53 Å². The number of fused-ring (bicyclic) bond motifs is 1.